The van der Waals surface area contributed by atoms with Crippen molar-refractivity contribution < 1.29 is 4.79 Å². The molecule has 0 aromatic heterocycles. The first-order valence-electron chi connectivity index (χ1n) is 9.02. The van der Waals surface area contributed by atoms with Crippen LogP contribution < -0.4 is 10.6 Å². The van der Waals surface area contributed by atoms with E-state index >= 15 is 0 Å². The molecule has 0 aliphatic heterocycles. The molecule has 0 radical (unpaired) electrons. The van der Waals surface area contributed by atoms with E-state index in [1.807, 2.05) is 31.2 Å². The van der Waals surface area contributed by atoms with Crippen molar-refractivity contribution in [1.29, 1.82) is 0 Å². The Balaban J connectivity index is 2.39. The third kappa shape index (κ3) is 10.2. The van der Waals surface area contributed by atoms with Crippen molar-refractivity contribution in [3.8, 4) is 0 Å². The van der Waals surface area contributed by atoms with E-state index in [4.69, 9.17) is 34.8 Å². The number of hydrogen-bond acceptors (Lipinski definition) is 2. The lowest BCUT2D eigenvalue weighted by molar-refractivity contribution is -0.121. The number of unbranched alkanes of at least 4 members (excludes halogenated alkanes) is 6. The minimum absolute atomic E-state index is 0.107. The normalized spacial score (nSPS) is 12.7. The number of carbonyl (C=O) groups is 1. The Labute approximate surface area is 166 Å². The minimum atomic E-state index is -1.64. The van der Waals surface area contributed by atoms with Gasteiger partial charge in [0.15, 0.2) is 0 Å². The van der Waals surface area contributed by atoms with E-state index in [1.165, 1.54) is 32.1 Å². The van der Waals surface area contributed by atoms with Crippen LogP contribution in [0, 0.1) is 6.92 Å². The lowest BCUT2D eigenvalue weighted by Crippen LogP contribution is -2.49. The van der Waals surface area contributed by atoms with Crippen LogP contribution in [-0.4, -0.2) is 15.9 Å². The number of benzene rings is 1. The smallest absolute Gasteiger partial charge is 0.228 e. The van der Waals surface area contributed by atoms with E-state index in [1.54, 1.807) is 0 Å². The number of halogens is 3. The Kier molecular flexibility index (Phi) is 10.6. The third-order valence-electron chi connectivity index (χ3n) is 4.00. The van der Waals surface area contributed by atoms with Crippen molar-refractivity contribution in [2.45, 2.75) is 75.2 Å². The number of nitrogens with one attached hydrogen (secondary N) is 2. The molecule has 1 aromatic carbocycles. The Morgan fingerprint density at radius 3 is 2.12 bits per heavy atom. The molecule has 0 saturated carbocycles. The highest BCUT2D eigenvalue weighted by Gasteiger charge is 2.33. The van der Waals surface area contributed by atoms with Crippen molar-refractivity contribution in [3.63, 3.8) is 0 Å². The monoisotopic (exact) mass is 406 g/mol. The molecule has 1 rings (SSSR count). The molecule has 0 heterocycles. The molecule has 0 spiro atoms. The quantitative estimate of drug-likeness (QED) is 0.254. The van der Waals surface area contributed by atoms with Crippen molar-refractivity contribution in [2.75, 3.05) is 5.32 Å². The van der Waals surface area contributed by atoms with Crippen LogP contribution in [0.5, 0.6) is 0 Å². The fourth-order valence-corrected chi connectivity index (χ4v) is 2.82. The van der Waals surface area contributed by atoms with Gasteiger partial charge in [0.2, 0.25) is 9.70 Å². The molecule has 2 N–H and O–H groups in total. The van der Waals surface area contributed by atoms with Gasteiger partial charge in [-0.3, -0.25) is 4.79 Å². The molecule has 1 aromatic rings. The topological polar surface area (TPSA) is 41.1 Å². The summed E-state index contributed by atoms with van der Waals surface area (Å²) in [5, 5.41) is 5.86. The molecule has 1 atom stereocenters. The van der Waals surface area contributed by atoms with Gasteiger partial charge in [-0.25, -0.2) is 0 Å². The third-order valence-corrected chi connectivity index (χ3v) is 4.66. The summed E-state index contributed by atoms with van der Waals surface area (Å²) in [5.74, 6) is -0.107. The first-order valence-corrected chi connectivity index (χ1v) is 10.2. The largest absolute Gasteiger partial charge is 0.362 e. The first kappa shape index (κ1) is 22.4. The van der Waals surface area contributed by atoms with Crippen molar-refractivity contribution in [1.82, 2.24) is 5.32 Å². The van der Waals surface area contributed by atoms with Gasteiger partial charge in [-0.2, -0.15) is 0 Å². The maximum absolute atomic E-state index is 12.2. The van der Waals surface area contributed by atoms with E-state index in [0.717, 1.165) is 24.1 Å². The number of alkyl halides is 3. The van der Waals surface area contributed by atoms with Crippen LogP contribution in [0.15, 0.2) is 24.3 Å². The maximum atomic E-state index is 12.2. The molecule has 0 aliphatic rings. The second kappa shape index (κ2) is 11.9. The molecule has 0 fully saturated rings. The van der Waals surface area contributed by atoms with Crippen LogP contribution in [0.25, 0.3) is 0 Å². The summed E-state index contributed by atoms with van der Waals surface area (Å²) in [6.45, 7) is 4.20. The van der Waals surface area contributed by atoms with E-state index in [0.29, 0.717) is 6.42 Å². The number of aryl methyl sites for hydroxylation is 1. The van der Waals surface area contributed by atoms with Crippen LogP contribution >= 0.6 is 34.8 Å². The summed E-state index contributed by atoms with van der Waals surface area (Å²) >= 11 is 18.0. The van der Waals surface area contributed by atoms with Crippen molar-refractivity contribution in [2.24, 2.45) is 0 Å². The molecule has 6 heteroatoms. The Bertz CT molecular complexity index is 500. The average molecular weight is 408 g/mol. The lowest BCUT2D eigenvalue weighted by atomic mass is 10.1. The average Bonchev–Trinajstić information content (AvgIpc) is 2.54. The van der Waals surface area contributed by atoms with Gasteiger partial charge in [0.05, 0.1) is 0 Å². The number of carbonyl (C=O) groups excluding carboxylic acids is 1. The Morgan fingerprint density at radius 2 is 1.56 bits per heavy atom. The molecule has 0 aliphatic carbocycles. The second-order valence-electron chi connectivity index (χ2n) is 6.42. The van der Waals surface area contributed by atoms with Gasteiger partial charge in [0, 0.05) is 12.1 Å². The summed E-state index contributed by atoms with van der Waals surface area (Å²) in [6.07, 6.45) is 7.79. The maximum Gasteiger partial charge on any atom is 0.228 e. The van der Waals surface area contributed by atoms with Crippen molar-refractivity contribution >= 4 is 46.4 Å². The molecule has 0 saturated heterocycles. The second-order valence-corrected chi connectivity index (χ2v) is 8.79. The summed E-state index contributed by atoms with van der Waals surface area (Å²) in [5.41, 5.74) is 1.93. The highest BCUT2D eigenvalue weighted by Crippen LogP contribution is 2.31. The van der Waals surface area contributed by atoms with Gasteiger partial charge in [-0.05, 0) is 25.5 Å². The van der Waals surface area contributed by atoms with Gasteiger partial charge in [0.1, 0.15) is 6.17 Å². The van der Waals surface area contributed by atoms with E-state index in [-0.39, 0.29) is 5.91 Å². The lowest BCUT2D eigenvalue weighted by Gasteiger charge is -2.27. The molecule has 0 bridgehead atoms. The number of rotatable bonds is 11. The molecular formula is C19H29Cl3N2O. The predicted octanol–water partition coefficient (Wildman–Crippen LogP) is 6.36. The predicted molar refractivity (Wildman–Crippen MR) is 110 cm³/mol. The van der Waals surface area contributed by atoms with Crippen LogP contribution in [0.4, 0.5) is 5.69 Å². The number of anilines is 1. The molecule has 25 heavy (non-hydrogen) atoms. The van der Waals surface area contributed by atoms with Crippen LogP contribution in [0.3, 0.4) is 0 Å². The molecule has 1 unspecified atom stereocenters. The fourth-order valence-electron chi connectivity index (χ4n) is 2.49. The zero-order valence-corrected chi connectivity index (χ0v) is 17.4. The SMILES string of the molecule is CCCCCCCCCC(=O)NC(Nc1ccc(C)cc1)C(Cl)(Cl)Cl. The number of amides is 1. The van der Waals surface area contributed by atoms with E-state index in [9.17, 15) is 4.79 Å². The van der Waals surface area contributed by atoms with Crippen LogP contribution in [0.2, 0.25) is 0 Å². The Hall–Kier alpha value is -0.640. The Morgan fingerprint density at radius 1 is 1.00 bits per heavy atom. The summed E-state index contributed by atoms with van der Waals surface area (Å²) < 4.78 is -1.64. The molecular weight excluding hydrogens is 379 g/mol. The number of hydrogen-bond donors (Lipinski definition) is 2. The van der Waals surface area contributed by atoms with Crippen LogP contribution in [-0.2, 0) is 4.79 Å². The zero-order valence-electron chi connectivity index (χ0n) is 15.1. The highest BCUT2D eigenvalue weighted by atomic mass is 35.6. The van der Waals surface area contributed by atoms with E-state index < -0.39 is 9.96 Å². The van der Waals surface area contributed by atoms with Gasteiger partial charge >= 0.3 is 0 Å². The highest BCUT2D eigenvalue weighted by molar-refractivity contribution is 6.68. The summed E-state index contributed by atoms with van der Waals surface area (Å²) in [7, 11) is 0. The van der Waals surface area contributed by atoms with Gasteiger partial charge in [-0.15, -0.1) is 0 Å². The van der Waals surface area contributed by atoms with Crippen LogP contribution in [0.1, 0.15) is 63.9 Å². The molecule has 142 valence electrons. The van der Waals surface area contributed by atoms with E-state index in [2.05, 4.69) is 17.6 Å². The fraction of sp³-hybridized carbons (Fsp3) is 0.632. The van der Waals surface area contributed by atoms with Gasteiger partial charge in [-0.1, -0.05) is 97.9 Å². The molecule has 1 amide bonds. The standard InChI is InChI=1S/C19H29Cl3N2O/c1-3-4-5-6-7-8-9-10-17(25)24-18(19(20,21)22)23-16-13-11-15(2)12-14-16/h11-14,18,23H,3-10H2,1-2H3,(H,24,25). The minimum Gasteiger partial charge on any atom is -0.362 e. The van der Waals surface area contributed by atoms with Gasteiger partial charge < -0.3 is 10.6 Å². The summed E-state index contributed by atoms with van der Waals surface area (Å²) in [6, 6.07) is 7.69. The molecule has 3 nitrogen and oxygen atoms in total. The first-order chi connectivity index (χ1) is 11.8. The van der Waals surface area contributed by atoms with Crippen molar-refractivity contribution in [3.05, 3.63) is 29.8 Å². The zero-order chi connectivity index (χ0) is 18.7. The summed E-state index contributed by atoms with van der Waals surface area (Å²) in [4.78, 5) is 12.2. The van der Waals surface area contributed by atoms with Gasteiger partial charge in [0.25, 0.3) is 0 Å².